The van der Waals surface area contributed by atoms with Crippen LogP contribution in [0.3, 0.4) is 0 Å². The molecule has 0 bridgehead atoms. The Kier molecular flexibility index (Phi) is 4.33. The van der Waals surface area contributed by atoms with Crippen molar-refractivity contribution in [2.75, 3.05) is 18.6 Å². The molecule has 0 aromatic carbocycles. The zero-order valence-corrected chi connectivity index (χ0v) is 10.9. The van der Waals surface area contributed by atoms with Crippen LogP contribution in [-0.2, 0) is 11.2 Å². The van der Waals surface area contributed by atoms with E-state index in [9.17, 15) is 0 Å². The number of nitrogens with two attached hydrogens (primary N) is 1. The van der Waals surface area contributed by atoms with E-state index in [0.717, 1.165) is 37.3 Å². The molecular formula is C12H20N4O2. The first-order valence-corrected chi connectivity index (χ1v) is 6.33. The summed E-state index contributed by atoms with van der Waals surface area (Å²) in [6.07, 6.45) is 3.07. The van der Waals surface area contributed by atoms with Gasteiger partial charge in [-0.1, -0.05) is 6.92 Å². The number of nitrogens with zero attached hydrogens (tertiary/aromatic N) is 2. The molecule has 0 amide bonds. The second kappa shape index (κ2) is 5.97. The maximum Gasteiger partial charge on any atom is 0.221 e. The third-order valence-corrected chi connectivity index (χ3v) is 3.03. The van der Waals surface area contributed by atoms with Gasteiger partial charge in [0.1, 0.15) is 18.2 Å². The van der Waals surface area contributed by atoms with E-state index in [2.05, 4.69) is 15.4 Å². The number of anilines is 1. The first-order valence-electron chi connectivity index (χ1n) is 6.33. The van der Waals surface area contributed by atoms with Gasteiger partial charge in [0.15, 0.2) is 0 Å². The van der Waals surface area contributed by atoms with Crippen molar-refractivity contribution in [1.82, 2.24) is 9.97 Å². The number of rotatable bonds is 5. The average Bonchev–Trinajstić information content (AvgIpc) is 2.90. The average molecular weight is 252 g/mol. The Morgan fingerprint density at radius 2 is 2.33 bits per heavy atom. The fraction of sp³-hybridized carbons (Fsp3) is 0.667. The number of nitrogen functional groups attached to an aromatic ring is 1. The van der Waals surface area contributed by atoms with Crippen molar-refractivity contribution in [3.63, 3.8) is 0 Å². The number of aryl methyl sites for hydroxylation is 1. The molecule has 0 saturated carbocycles. The normalized spacial score (nSPS) is 18.9. The van der Waals surface area contributed by atoms with Crippen LogP contribution in [0.15, 0.2) is 0 Å². The lowest BCUT2D eigenvalue weighted by Gasteiger charge is -2.14. The predicted molar refractivity (Wildman–Crippen MR) is 68.4 cm³/mol. The smallest absolute Gasteiger partial charge is 0.221 e. The molecule has 2 heterocycles. The monoisotopic (exact) mass is 252 g/mol. The first-order chi connectivity index (χ1) is 8.74. The lowest BCUT2D eigenvalue weighted by Crippen LogP contribution is -2.19. The van der Waals surface area contributed by atoms with Crippen LogP contribution in [-0.4, -0.2) is 29.3 Å². The van der Waals surface area contributed by atoms with Crippen molar-refractivity contribution in [3.05, 3.63) is 11.4 Å². The van der Waals surface area contributed by atoms with Crippen LogP contribution >= 0.6 is 0 Å². The molecule has 0 aliphatic carbocycles. The van der Waals surface area contributed by atoms with Gasteiger partial charge < -0.3 is 14.9 Å². The highest BCUT2D eigenvalue weighted by atomic mass is 16.5. The first kappa shape index (κ1) is 13.0. The fourth-order valence-corrected chi connectivity index (χ4v) is 1.93. The van der Waals surface area contributed by atoms with E-state index < -0.39 is 0 Å². The van der Waals surface area contributed by atoms with Gasteiger partial charge in [0.05, 0.1) is 11.7 Å². The minimum absolute atomic E-state index is 0.179. The second-order valence-electron chi connectivity index (χ2n) is 4.36. The van der Waals surface area contributed by atoms with Crippen molar-refractivity contribution >= 4 is 5.82 Å². The topological polar surface area (TPSA) is 82.3 Å². The number of hydrogen-bond acceptors (Lipinski definition) is 6. The van der Waals surface area contributed by atoms with Crippen LogP contribution in [0.4, 0.5) is 5.82 Å². The van der Waals surface area contributed by atoms with E-state index in [1.54, 1.807) is 0 Å². The molecule has 1 fully saturated rings. The van der Waals surface area contributed by atoms with Crippen molar-refractivity contribution in [1.29, 1.82) is 0 Å². The van der Waals surface area contributed by atoms with Crippen LogP contribution < -0.4 is 16.0 Å². The molecular weight excluding hydrogens is 232 g/mol. The highest BCUT2D eigenvalue weighted by Gasteiger charge is 2.18. The van der Waals surface area contributed by atoms with Crippen LogP contribution in [0.5, 0.6) is 5.88 Å². The molecule has 0 spiro atoms. The summed E-state index contributed by atoms with van der Waals surface area (Å²) in [5.41, 5.74) is 3.40. The maximum atomic E-state index is 5.73. The summed E-state index contributed by atoms with van der Waals surface area (Å²) in [5.74, 6) is 7.36. The van der Waals surface area contributed by atoms with Gasteiger partial charge in [0.25, 0.3) is 0 Å². The van der Waals surface area contributed by atoms with E-state index in [-0.39, 0.29) is 6.10 Å². The lowest BCUT2D eigenvalue weighted by molar-refractivity contribution is 0.0659. The second-order valence-corrected chi connectivity index (χ2v) is 4.36. The van der Waals surface area contributed by atoms with Gasteiger partial charge in [-0.05, 0) is 19.8 Å². The molecule has 3 N–H and O–H groups in total. The van der Waals surface area contributed by atoms with Crippen molar-refractivity contribution in [2.45, 2.75) is 39.2 Å². The SMILES string of the molecule is CCc1nc(NN)c(C)c(OCC2CCCO2)n1. The molecule has 1 atom stereocenters. The zero-order valence-electron chi connectivity index (χ0n) is 10.9. The van der Waals surface area contributed by atoms with Gasteiger partial charge in [-0.3, -0.25) is 0 Å². The number of aromatic nitrogens is 2. The van der Waals surface area contributed by atoms with Crippen LogP contribution in [0.1, 0.15) is 31.2 Å². The van der Waals surface area contributed by atoms with Gasteiger partial charge in [0, 0.05) is 13.0 Å². The maximum absolute atomic E-state index is 5.73. The minimum Gasteiger partial charge on any atom is -0.475 e. The van der Waals surface area contributed by atoms with E-state index in [1.807, 2.05) is 13.8 Å². The summed E-state index contributed by atoms with van der Waals surface area (Å²) < 4.78 is 11.3. The lowest BCUT2D eigenvalue weighted by atomic mass is 10.2. The largest absolute Gasteiger partial charge is 0.475 e. The summed E-state index contributed by atoms with van der Waals surface area (Å²) in [5, 5.41) is 0. The van der Waals surface area contributed by atoms with E-state index >= 15 is 0 Å². The third kappa shape index (κ3) is 2.88. The Labute approximate surface area is 107 Å². The molecule has 6 heteroatoms. The third-order valence-electron chi connectivity index (χ3n) is 3.03. The Balaban J connectivity index is 2.09. The van der Waals surface area contributed by atoms with E-state index in [1.165, 1.54) is 0 Å². The van der Waals surface area contributed by atoms with Gasteiger partial charge in [0.2, 0.25) is 5.88 Å². The summed E-state index contributed by atoms with van der Waals surface area (Å²) in [4.78, 5) is 8.67. The molecule has 1 aliphatic heterocycles. The Morgan fingerprint density at radius 3 is 2.94 bits per heavy atom. The van der Waals surface area contributed by atoms with Crippen LogP contribution in [0.2, 0.25) is 0 Å². The summed E-state index contributed by atoms with van der Waals surface area (Å²) in [7, 11) is 0. The number of hydrogen-bond donors (Lipinski definition) is 2. The van der Waals surface area contributed by atoms with Crippen LogP contribution in [0, 0.1) is 6.92 Å². The molecule has 100 valence electrons. The molecule has 1 unspecified atom stereocenters. The quantitative estimate of drug-likeness (QED) is 0.605. The molecule has 18 heavy (non-hydrogen) atoms. The Hall–Kier alpha value is -1.40. The van der Waals surface area contributed by atoms with E-state index in [4.69, 9.17) is 15.3 Å². The van der Waals surface area contributed by atoms with Gasteiger partial charge in [-0.25, -0.2) is 10.8 Å². The van der Waals surface area contributed by atoms with Crippen molar-refractivity contribution < 1.29 is 9.47 Å². The predicted octanol–water partition coefficient (Wildman–Crippen LogP) is 1.19. The fourth-order valence-electron chi connectivity index (χ4n) is 1.93. The number of nitrogens with one attached hydrogen (secondary N) is 1. The number of hydrazine groups is 1. The van der Waals surface area contributed by atoms with Gasteiger partial charge in [-0.15, -0.1) is 0 Å². The summed E-state index contributed by atoms with van der Waals surface area (Å²) >= 11 is 0. The Morgan fingerprint density at radius 1 is 1.50 bits per heavy atom. The molecule has 1 saturated heterocycles. The minimum atomic E-state index is 0.179. The molecule has 2 rings (SSSR count). The molecule has 1 aliphatic rings. The molecule has 0 radical (unpaired) electrons. The van der Waals surface area contributed by atoms with E-state index in [0.29, 0.717) is 18.3 Å². The standard InChI is InChI=1S/C12H20N4O2/c1-3-10-14-11(16-13)8(2)12(15-10)18-7-9-5-4-6-17-9/h9H,3-7,13H2,1-2H3,(H,14,15,16). The van der Waals surface area contributed by atoms with Crippen LogP contribution in [0.25, 0.3) is 0 Å². The molecule has 6 nitrogen and oxygen atoms in total. The number of ether oxygens (including phenoxy) is 2. The highest BCUT2D eigenvalue weighted by Crippen LogP contribution is 2.22. The van der Waals surface area contributed by atoms with Crippen molar-refractivity contribution in [3.8, 4) is 5.88 Å². The van der Waals surface area contributed by atoms with Gasteiger partial charge >= 0.3 is 0 Å². The Bertz CT molecular complexity index is 405. The van der Waals surface area contributed by atoms with Gasteiger partial charge in [-0.2, -0.15) is 4.98 Å². The summed E-state index contributed by atoms with van der Waals surface area (Å²) in [6, 6.07) is 0. The van der Waals surface area contributed by atoms with Crippen molar-refractivity contribution in [2.24, 2.45) is 5.84 Å². The molecule has 1 aromatic rings. The highest BCUT2D eigenvalue weighted by molar-refractivity contribution is 5.47. The zero-order chi connectivity index (χ0) is 13.0. The summed E-state index contributed by atoms with van der Waals surface area (Å²) in [6.45, 7) is 5.24. The molecule has 1 aromatic heterocycles.